The fourth-order valence-corrected chi connectivity index (χ4v) is 2.74. The lowest BCUT2D eigenvalue weighted by molar-refractivity contribution is -0.122. The smallest absolute Gasteiger partial charge is 0.221 e. The molecule has 1 saturated carbocycles. The van der Waals surface area contributed by atoms with Crippen molar-refractivity contribution in [2.75, 3.05) is 0 Å². The minimum Gasteiger partial charge on any atom is -0.347 e. The van der Waals surface area contributed by atoms with Gasteiger partial charge in [0.1, 0.15) is 0 Å². The molecule has 1 N–H and O–H groups in total. The fourth-order valence-electron chi connectivity index (χ4n) is 2.61. The Hall–Kier alpha value is -1.80. The van der Waals surface area contributed by atoms with Crippen LogP contribution in [0.5, 0.6) is 0 Å². The number of aryl methyl sites for hydroxylation is 1. The normalized spacial score (nSPS) is 15.5. The van der Waals surface area contributed by atoms with Gasteiger partial charge in [0.05, 0.1) is 5.54 Å². The predicted octanol–water partition coefficient (Wildman–Crippen LogP) is 4.08. The van der Waals surface area contributed by atoms with E-state index in [-0.39, 0.29) is 11.4 Å². The molecule has 0 aromatic heterocycles. The van der Waals surface area contributed by atoms with Crippen molar-refractivity contribution in [3.05, 3.63) is 70.7 Å². The lowest BCUT2D eigenvalue weighted by Gasteiger charge is -2.18. The van der Waals surface area contributed by atoms with Gasteiger partial charge < -0.3 is 5.32 Å². The largest absolute Gasteiger partial charge is 0.347 e. The molecule has 1 amide bonds. The molecule has 3 rings (SSSR count). The van der Waals surface area contributed by atoms with Gasteiger partial charge in [-0.25, -0.2) is 0 Å². The van der Waals surface area contributed by atoms with Crippen LogP contribution in [0.1, 0.15) is 30.4 Å². The lowest BCUT2D eigenvalue weighted by Crippen LogP contribution is -2.34. The summed E-state index contributed by atoms with van der Waals surface area (Å²) in [7, 11) is 0. The number of hydrogen-bond donors (Lipinski definition) is 1. The molecule has 2 aromatic carbocycles. The maximum atomic E-state index is 12.2. The summed E-state index contributed by atoms with van der Waals surface area (Å²) in [5.74, 6) is 0.117. The van der Waals surface area contributed by atoms with Crippen LogP contribution in [-0.2, 0) is 16.8 Å². The van der Waals surface area contributed by atoms with Crippen LogP contribution < -0.4 is 5.32 Å². The lowest BCUT2D eigenvalue weighted by atomic mass is 10.0. The molecule has 108 valence electrons. The number of hydrogen-bond acceptors (Lipinski definition) is 1. The molecule has 0 bridgehead atoms. The maximum Gasteiger partial charge on any atom is 0.221 e. The van der Waals surface area contributed by atoms with Gasteiger partial charge in [0.25, 0.3) is 0 Å². The predicted molar refractivity (Wildman–Crippen MR) is 85.3 cm³/mol. The second-order valence-corrected chi connectivity index (χ2v) is 6.06. The molecule has 0 heterocycles. The number of carbonyl (C=O) groups excluding carboxylic acids is 1. The number of rotatable bonds is 5. The van der Waals surface area contributed by atoms with E-state index in [0.717, 1.165) is 29.8 Å². The van der Waals surface area contributed by atoms with Crippen molar-refractivity contribution < 1.29 is 4.79 Å². The Morgan fingerprint density at radius 2 is 1.71 bits per heavy atom. The van der Waals surface area contributed by atoms with Crippen molar-refractivity contribution in [2.24, 2.45) is 0 Å². The Labute approximate surface area is 130 Å². The third-order valence-electron chi connectivity index (χ3n) is 4.01. The van der Waals surface area contributed by atoms with Crippen molar-refractivity contribution >= 4 is 17.5 Å². The Morgan fingerprint density at radius 1 is 1.05 bits per heavy atom. The first-order chi connectivity index (χ1) is 10.2. The zero-order valence-corrected chi connectivity index (χ0v) is 12.6. The summed E-state index contributed by atoms with van der Waals surface area (Å²) in [5, 5.41) is 3.92. The zero-order valence-electron chi connectivity index (χ0n) is 11.8. The van der Waals surface area contributed by atoms with Crippen LogP contribution >= 0.6 is 11.6 Å². The van der Waals surface area contributed by atoms with E-state index >= 15 is 0 Å². The van der Waals surface area contributed by atoms with E-state index in [0.29, 0.717) is 6.42 Å². The zero-order chi connectivity index (χ0) is 14.7. The first kappa shape index (κ1) is 14.2. The van der Waals surface area contributed by atoms with Gasteiger partial charge in [-0.05, 0) is 42.5 Å². The highest BCUT2D eigenvalue weighted by Gasteiger charge is 2.45. The molecule has 0 radical (unpaired) electrons. The van der Waals surface area contributed by atoms with Gasteiger partial charge in [-0.15, -0.1) is 0 Å². The third-order valence-corrected chi connectivity index (χ3v) is 4.26. The molecular formula is C18H18ClNO. The molecule has 21 heavy (non-hydrogen) atoms. The van der Waals surface area contributed by atoms with Crippen LogP contribution in [0.25, 0.3) is 0 Å². The summed E-state index contributed by atoms with van der Waals surface area (Å²) in [6, 6.07) is 17.9. The second kappa shape index (κ2) is 5.90. The summed E-state index contributed by atoms with van der Waals surface area (Å²) in [6.45, 7) is 0. The monoisotopic (exact) mass is 299 g/mol. The van der Waals surface area contributed by atoms with Crippen LogP contribution in [-0.4, -0.2) is 5.91 Å². The van der Waals surface area contributed by atoms with Crippen LogP contribution in [0.15, 0.2) is 54.6 Å². The van der Waals surface area contributed by atoms with E-state index in [1.54, 1.807) is 0 Å². The first-order valence-electron chi connectivity index (χ1n) is 7.29. The Balaban J connectivity index is 1.58. The van der Waals surface area contributed by atoms with Crippen molar-refractivity contribution in [1.82, 2.24) is 5.32 Å². The maximum absolute atomic E-state index is 12.2. The number of halogens is 1. The van der Waals surface area contributed by atoms with E-state index in [1.807, 2.05) is 42.5 Å². The van der Waals surface area contributed by atoms with E-state index < -0.39 is 0 Å². The molecule has 2 aromatic rings. The summed E-state index contributed by atoms with van der Waals surface area (Å²) < 4.78 is 0. The topological polar surface area (TPSA) is 29.1 Å². The minimum absolute atomic E-state index is 0.117. The second-order valence-electron chi connectivity index (χ2n) is 5.62. The number of amides is 1. The molecule has 0 spiro atoms. The summed E-state index contributed by atoms with van der Waals surface area (Å²) >= 11 is 5.92. The third kappa shape index (κ3) is 3.45. The van der Waals surface area contributed by atoms with E-state index in [1.165, 1.54) is 5.56 Å². The summed E-state index contributed by atoms with van der Waals surface area (Å²) in [6.07, 6.45) is 3.32. The van der Waals surface area contributed by atoms with Gasteiger partial charge in [-0.2, -0.15) is 0 Å². The molecule has 2 nitrogen and oxygen atoms in total. The molecular weight excluding hydrogens is 282 g/mol. The number of benzene rings is 2. The quantitative estimate of drug-likeness (QED) is 0.885. The molecule has 0 atom stereocenters. The fraction of sp³-hybridized carbons (Fsp3) is 0.278. The van der Waals surface area contributed by atoms with Gasteiger partial charge >= 0.3 is 0 Å². The van der Waals surface area contributed by atoms with Gasteiger partial charge in [0.2, 0.25) is 5.91 Å². The highest BCUT2D eigenvalue weighted by Crippen LogP contribution is 2.45. The van der Waals surface area contributed by atoms with E-state index in [9.17, 15) is 4.79 Å². The number of carbonyl (C=O) groups is 1. The highest BCUT2D eigenvalue weighted by atomic mass is 35.5. The SMILES string of the molecule is O=C(CCc1ccccc1)NC1(c2ccc(Cl)cc2)CC1. The van der Waals surface area contributed by atoms with Gasteiger partial charge in [-0.3, -0.25) is 4.79 Å². The van der Waals surface area contributed by atoms with Crippen LogP contribution in [0.3, 0.4) is 0 Å². The van der Waals surface area contributed by atoms with Crippen molar-refractivity contribution in [2.45, 2.75) is 31.2 Å². The molecule has 0 unspecified atom stereocenters. The van der Waals surface area contributed by atoms with Gasteiger partial charge in [-0.1, -0.05) is 54.1 Å². The Morgan fingerprint density at radius 3 is 2.33 bits per heavy atom. The summed E-state index contributed by atoms with van der Waals surface area (Å²) in [5.41, 5.74) is 2.20. The van der Waals surface area contributed by atoms with Gasteiger partial charge in [0, 0.05) is 11.4 Å². The highest BCUT2D eigenvalue weighted by molar-refractivity contribution is 6.30. The van der Waals surface area contributed by atoms with Crippen LogP contribution in [0, 0.1) is 0 Å². The van der Waals surface area contributed by atoms with Crippen LogP contribution in [0.2, 0.25) is 5.02 Å². The molecule has 0 aliphatic heterocycles. The Bertz CT molecular complexity index is 617. The molecule has 1 fully saturated rings. The molecule has 3 heteroatoms. The summed E-state index contributed by atoms with van der Waals surface area (Å²) in [4.78, 5) is 12.2. The molecule has 1 aliphatic carbocycles. The first-order valence-corrected chi connectivity index (χ1v) is 7.67. The average Bonchev–Trinajstić information content (AvgIpc) is 3.27. The van der Waals surface area contributed by atoms with Crippen molar-refractivity contribution in [1.29, 1.82) is 0 Å². The number of nitrogens with one attached hydrogen (secondary N) is 1. The van der Waals surface area contributed by atoms with Crippen molar-refractivity contribution in [3.63, 3.8) is 0 Å². The minimum atomic E-state index is -0.154. The molecule has 1 aliphatic rings. The van der Waals surface area contributed by atoms with Gasteiger partial charge in [0.15, 0.2) is 0 Å². The average molecular weight is 300 g/mol. The Kier molecular flexibility index (Phi) is 3.98. The van der Waals surface area contributed by atoms with E-state index in [4.69, 9.17) is 11.6 Å². The van der Waals surface area contributed by atoms with E-state index in [2.05, 4.69) is 17.4 Å². The van der Waals surface area contributed by atoms with Crippen molar-refractivity contribution in [3.8, 4) is 0 Å². The standard InChI is InChI=1S/C18H18ClNO/c19-16-9-7-15(8-10-16)18(12-13-18)20-17(21)11-6-14-4-2-1-3-5-14/h1-5,7-10H,6,11-13H2,(H,20,21). The molecule has 0 saturated heterocycles. The van der Waals surface area contributed by atoms with Crippen LogP contribution in [0.4, 0.5) is 0 Å².